The summed E-state index contributed by atoms with van der Waals surface area (Å²) in [5, 5.41) is 16.8. The van der Waals surface area contributed by atoms with E-state index in [1.807, 2.05) is 48.5 Å². The number of aliphatic imine (C=N–C) groups is 1. The van der Waals surface area contributed by atoms with Gasteiger partial charge in [0.05, 0.1) is 29.6 Å². The number of nitrogens with one attached hydrogen (secondary N) is 1. The molecule has 0 heterocycles. The molecule has 0 spiro atoms. The summed E-state index contributed by atoms with van der Waals surface area (Å²) in [6, 6.07) is 23.8. The van der Waals surface area contributed by atoms with Crippen molar-refractivity contribution >= 4 is 22.9 Å². The quantitative estimate of drug-likeness (QED) is 0.198. The number of anilines is 2. The van der Waals surface area contributed by atoms with Crippen molar-refractivity contribution in [3.8, 4) is 6.07 Å². The smallest absolute Gasteiger partial charge is 0.125 e. The van der Waals surface area contributed by atoms with E-state index in [9.17, 15) is 0 Å². The maximum absolute atomic E-state index is 8.78. The Labute approximate surface area is 163 Å². The maximum atomic E-state index is 8.78. The Morgan fingerprint density at radius 2 is 1.61 bits per heavy atom. The van der Waals surface area contributed by atoms with Gasteiger partial charge in [-0.15, -0.1) is 5.11 Å². The average Bonchev–Trinajstić information content (AvgIpc) is 2.74. The van der Waals surface area contributed by atoms with Gasteiger partial charge in [-0.1, -0.05) is 17.4 Å². The molecule has 0 bridgehead atoms. The average molecular weight is 369 g/mol. The number of nitrogens with zero attached hydrogens (tertiary/aromatic N) is 4. The van der Waals surface area contributed by atoms with Gasteiger partial charge in [-0.3, -0.25) is 10.4 Å². The molecule has 28 heavy (non-hydrogen) atoms. The number of hydrogen-bond acceptors (Lipinski definition) is 5. The van der Waals surface area contributed by atoms with E-state index in [1.54, 1.807) is 24.3 Å². The fourth-order valence-electron chi connectivity index (χ4n) is 2.35. The third-order valence-electron chi connectivity index (χ3n) is 3.93. The monoisotopic (exact) mass is 369 g/mol. The lowest BCUT2D eigenvalue weighted by atomic mass is 10.2. The number of amidine groups is 1. The van der Waals surface area contributed by atoms with E-state index in [-0.39, 0.29) is 0 Å². The topological polar surface area (TPSA) is 125 Å². The molecule has 0 aromatic heterocycles. The molecule has 138 valence electrons. The highest BCUT2D eigenvalue weighted by Crippen LogP contribution is 2.15. The molecule has 3 rings (SSSR count). The Kier molecular flexibility index (Phi) is 5.95. The van der Waals surface area contributed by atoms with Crippen LogP contribution in [0.2, 0.25) is 0 Å². The molecular formula is C21H19N7. The van der Waals surface area contributed by atoms with Crippen LogP contribution in [-0.4, -0.2) is 5.84 Å². The first-order valence-electron chi connectivity index (χ1n) is 8.56. The minimum absolute atomic E-state index is 0.455. The van der Waals surface area contributed by atoms with Crippen molar-refractivity contribution in [1.82, 2.24) is 0 Å². The first-order valence-corrected chi connectivity index (χ1v) is 8.56. The Hall–Kier alpha value is -4.18. The molecule has 0 amide bonds. The number of nitrogen functional groups attached to an aromatic ring is 1. The highest BCUT2D eigenvalue weighted by Gasteiger charge is 1.99. The number of nitriles is 1. The molecule has 0 aliphatic carbocycles. The Bertz CT molecular complexity index is 1010. The number of nitrogens with two attached hydrogens (primary N) is 2. The standard InChI is InChI=1S/C21H19N7/c22-13-15-3-9-19(10-4-15)26-28-27-20-11-5-17(6-12-20)21(24)25-14-16-1-7-18(23)8-2-16/h1-12H,14,23H2,(H2,24,25)(H,26,27). The molecule has 5 N–H and O–H groups in total. The van der Waals surface area contributed by atoms with Crippen molar-refractivity contribution in [2.75, 3.05) is 11.2 Å². The summed E-state index contributed by atoms with van der Waals surface area (Å²) >= 11 is 0. The van der Waals surface area contributed by atoms with Crippen LogP contribution >= 0.6 is 0 Å². The highest BCUT2D eigenvalue weighted by molar-refractivity contribution is 5.97. The van der Waals surface area contributed by atoms with Crippen molar-refractivity contribution in [3.05, 3.63) is 89.5 Å². The molecule has 0 saturated heterocycles. The second-order valence-corrected chi connectivity index (χ2v) is 5.99. The van der Waals surface area contributed by atoms with Crippen LogP contribution in [0, 0.1) is 11.3 Å². The van der Waals surface area contributed by atoms with Crippen LogP contribution in [0.3, 0.4) is 0 Å². The number of benzene rings is 3. The zero-order valence-corrected chi connectivity index (χ0v) is 15.1. The molecule has 0 fully saturated rings. The Balaban J connectivity index is 1.58. The summed E-state index contributed by atoms with van der Waals surface area (Å²) in [7, 11) is 0. The van der Waals surface area contributed by atoms with Crippen LogP contribution in [0.15, 0.2) is 88.1 Å². The molecule has 0 saturated carbocycles. The number of hydrogen-bond donors (Lipinski definition) is 3. The Morgan fingerprint density at radius 3 is 2.25 bits per heavy atom. The molecule has 3 aromatic rings. The first-order chi connectivity index (χ1) is 13.6. The van der Waals surface area contributed by atoms with Crippen molar-refractivity contribution in [2.24, 2.45) is 21.1 Å². The van der Waals surface area contributed by atoms with Gasteiger partial charge in [0.1, 0.15) is 5.84 Å². The minimum atomic E-state index is 0.455. The van der Waals surface area contributed by atoms with Crippen LogP contribution in [0.4, 0.5) is 17.1 Å². The van der Waals surface area contributed by atoms with E-state index in [0.29, 0.717) is 23.6 Å². The van der Waals surface area contributed by atoms with E-state index >= 15 is 0 Å². The third-order valence-corrected chi connectivity index (χ3v) is 3.93. The molecule has 0 unspecified atom stereocenters. The van der Waals surface area contributed by atoms with Crippen molar-refractivity contribution in [2.45, 2.75) is 6.54 Å². The third kappa shape index (κ3) is 5.16. The van der Waals surface area contributed by atoms with Gasteiger partial charge >= 0.3 is 0 Å². The largest absolute Gasteiger partial charge is 0.399 e. The van der Waals surface area contributed by atoms with E-state index in [4.69, 9.17) is 16.7 Å². The van der Waals surface area contributed by atoms with E-state index < -0.39 is 0 Å². The summed E-state index contributed by atoms with van der Waals surface area (Å²) in [4.78, 5) is 4.40. The summed E-state index contributed by atoms with van der Waals surface area (Å²) < 4.78 is 0. The minimum Gasteiger partial charge on any atom is -0.399 e. The fraction of sp³-hybridized carbons (Fsp3) is 0.0476. The van der Waals surface area contributed by atoms with Gasteiger partial charge in [0.2, 0.25) is 0 Å². The van der Waals surface area contributed by atoms with Crippen LogP contribution in [-0.2, 0) is 6.54 Å². The van der Waals surface area contributed by atoms with Crippen LogP contribution in [0.25, 0.3) is 0 Å². The maximum Gasteiger partial charge on any atom is 0.125 e. The molecule has 7 nitrogen and oxygen atoms in total. The van der Waals surface area contributed by atoms with Crippen molar-refractivity contribution in [1.29, 1.82) is 5.26 Å². The fourth-order valence-corrected chi connectivity index (χ4v) is 2.35. The SMILES string of the molecule is N#Cc1ccc(NN=Nc2ccc(C(N)=NCc3ccc(N)cc3)cc2)cc1. The molecule has 7 heteroatoms. The summed E-state index contributed by atoms with van der Waals surface area (Å²) in [6.07, 6.45) is 0. The molecule has 0 aliphatic heterocycles. The lowest BCUT2D eigenvalue weighted by Crippen LogP contribution is -2.13. The van der Waals surface area contributed by atoms with Gasteiger partial charge in [0.15, 0.2) is 0 Å². The molecular weight excluding hydrogens is 350 g/mol. The highest BCUT2D eigenvalue weighted by atomic mass is 15.4. The summed E-state index contributed by atoms with van der Waals surface area (Å²) in [6.45, 7) is 0.488. The first kappa shape index (κ1) is 18.6. The van der Waals surface area contributed by atoms with E-state index in [0.717, 1.165) is 22.5 Å². The van der Waals surface area contributed by atoms with Gasteiger partial charge in [-0.25, -0.2) is 0 Å². The van der Waals surface area contributed by atoms with Crippen LogP contribution in [0.1, 0.15) is 16.7 Å². The van der Waals surface area contributed by atoms with Crippen LogP contribution in [0.5, 0.6) is 0 Å². The van der Waals surface area contributed by atoms with Crippen molar-refractivity contribution in [3.63, 3.8) is 0 Å². The summed E-state index contributed by atoms with van der Waals surface area (Å²) in [5.74, 6) is 0.455. The van der Waals surface area contributed by atoms with E-state index in [2.05, 4.69) is 26.8 Å². The van der Waals surface area contributed by atoms with E-state index in [1.165, 1.54) is 0 Å². The molecule has 0 radical (unpaired) electrons. The predicted molar refractivity (Wildman–Crippen MR) is 111 cm³/mol. The van der Waals surface area contributed by atoms with Crippen molar-refractivity contribution < 1.29 is 0 Å². The van der Waals surface area contributed by atoms with Gasteiger partial charge in [-0.2, -0.15) is 5.26 Å². The second-order valence-electron chi connectivity index (χ2n) is 5.99. The summed E-state index contributed by atoms with van der Waals surface area (Å²) in [5.41, 5.74) is 19.1. The lowest BCUT2D eigenvalue weighted by molar-refractivity contribution is 1.06. The van der Waals surface area contributed by atoms with Gasteiger partial charge < -0.3 is 11.5 Å². The van der Waals surface area contributed by atoms with Gasteiger partial charge in [-0.05, 0) is 66.2 Å². The number of rotatable bonds is 6. The second kappa shape index (κ2) is 8.96. The molecule has 3 aromatic carbocycles. The van der Waals surface area contributed by atoms with Crippen LogP contribution < -0.4 is 16.9 Å². The lowest BCUT2D eigenvalue weighted by Gasteiger charge is -2.03. The van der Waals surface area contributed by atoms with Gasteiger partial charge in [0.25, 0.3) is 0 Å². The normalized spacial score (nSPS) is 11.3. The zero-order valence-electron chi connectivity index (χ0n) is 15.1. The Morgan fingerprint density at radius 1 is 0.929 bits per heavy atom. The molecule has 0 aliphatic rings. The van der Waals surface area contributed by atoms with Gasteiger partial charge in [0, 0.05) is 11.3 Å². The predicted octanol–water partition coefficient (Wildman–Crippen LogP) is 4.16. The molecule has 0 atom stereocenters. The zero-order chi connectivity index (χ0) is 19.8.